The fraction of sp³-hybridized carbons (Fsp3) is 0.429. The van der Waals surface area contributed by atoms with Crippen LogP contribution in [0.25, 0.3) is 5.52 Å². The van der Waals surface area contributed by atoms with Crippen LogP contribution < -0.4 is 15.0 Å². The molecular weight excluding hydrogens is 500 g/mol. The molecule has 0 aliphatic carbocycles. The largest absolute Gasteiger partial charge is 0.494 e. The van der Waals surface area contributed by atoms with Crippen molar-refractivity contribution in [1.29, 1.82) is 5.26 Å². The van der Waals surface area contributed by atoms with Crippen LogP contribution in [-0.4, -0.2) is 63.1 Å². The predicted molar refractivity (Wildman–Crippen MR) is 147 cm³/mol. The van der Waals surface area contributed by atoms with Gasteiger partial charge in [-0.1, -0.05) is 0 Å². The number of hydrogen-bond acceptors (Lipinski definition) is 7. The van der Waals surface area contributed by atoms with Gasteiger partial charge in [0, 0.05) is 24.7 Å². The van der Waals surface area contributed by atoms with Crippen molar-refractivity contribution in [2.45, 2.75) is 59.1 Å². The lowest BCUT2D eigenvalue weighted by molar-refractivity contribution is 0.0597. The molecule has 4 rings (SSSR count). The van der Waals surface area contributed by atoms with Gasteiger partial charge in [0.1, 0.15) is 28.8 Å². The summed E-state index contributed by atoms with van der Waals surface area (Å²) in [5, 5.41) is 27.6. The Morgan fingerprint density at radius 1 is 1.26 bits per heavy atom. The van der Waals surface area contributed by atoms with Gasteiger partial charge in [-0.2, -0.15) is 10.4 Å². The summed E-state index contributed by atoms with van der Waals surface area (Å²) in [4.78, 5) is 28.1. The molecule has 0 radical (unpaired) electrons. The number of carbonyl (C=O) groups is 2. The second-order valence-corrected chi connectivity index (χ2v) is 10.4. The van der Waals surface area contributed by atoms with E-state index in [1.807, 2.05) is 13.8 Å². The zero-order valence-corrected chi connectivity index (χ0v) is 22.9. The van der Waals surface area contributed by atoms with Crippen LogP contribution in [0.3, 0.4) is 0 Å². The maximum atomic E-state index is 13.7. The lowest BCUT2D eigenvalue weighted by Crippen LogP contribution is -2.44. The number of anilines is 3. The Morgan fingerprint density at radius 3 is 2.59 bits per heavy atom. The Kier molecular flexibility index (Phi) is 7.85. The number of benzene rings is 1. The van der Waals surface area contributed by atoms with E-state index in [0.717, 1.165) is 6.42 Å². The molecule has 1 fully saturated rings. The summed E-state index contributed by atoms with van der Waals surface area (Å²) in [6, 6.07) is 10.9. The first-order valence-electron chi connectivity index (χ1n) is 12.9. The van der Waals surface area contributed by atoms with E-state index in [2.05, 4.69) is 16.5 Å². The van der Waals surface area contributed by atoms with Crippen LogP contribution in [0.1, 0.15) is 51.7 Å². The number of likely N-dealkylation sites (tertiary alicyclic amines) is 1. The van der Waals surface area contributed by atoms with E-state index in [1.165, 1.54) is 9.80 Å². The van der Waals surface area contributed by atoms with Crippen molar-refractivity contribution < 1.29 is 24.2 Å². The Balaban J connectivity index is 1.88. The van der Waals surface area contributed by atoms with Gasteiger partial charge < -0.3 is 24.8 Å². The van der Waals surface area contributed by atoms with Crippen molar-refractivity contribution in [3.63, 3.8) is 0 Å². The van der Waals surface area contributed by atoms with Gasteiger partial charge in [-0.25, -0.2) is 19.0 Å². The van der Waals surface area contributed by atoms with Gasteiger partial charge in [-0.3, -0.25) is 0 Å². The van der Waals surface area contributed by atoms with Crippen LogP contribution >= 0.6 is 0 Å². The van der Waals surface area contributed by atoms with Gasteiger partial charge in [-0.05, 0) is 77.8 Å². The molecule has 0 saturated carbocycles. The van der Waals surface area contributed by atoms with Crippen LogP contribution in [0.2, 0.25) is 0 Å². The van der Waals surface area contributed by atoms with E-state index in [1.54, 1.807) is 61.8 Å². The van der Waals surface area contributed by atoms with E-state index < -0.39 is 17.8 Å². The monoisotopic (exact) mass is 534 g/mol. The normalized spacial score (nSPS) is 15.5. The Morgan fingerprint density at radius 2 is 1.97 bits per heavy atom. The lowest BCUT2D eigenvalue weighted by Gasteiger charge is -2.33. The van der Waals surface area contributed by atoms with E-state index in [9.17, 15) is 20.0 Å². The third-order valence-corrected chi connectivity index (χ3v) is 6.41. The third-order valence-electron chi connectivity index (χ3n) is 6.41. The molecule has 0 spiro atoms. The van der Waals surface area contributed by atoms with Crippen molar-refractivity contribution in [3.05, 3.63) is 47.7 Å². The zero-order chi connectivity index (χ0) is 28.3. The van der Waals surface area contributed by atoms with Crippen molar-refractivity contribution in [1.82, 2.24) is 14.5 Å². The molecule has 1 saturated heterocycles. The first-order chi connectivity index (χ1) is 18.5. The lowest BCUT2D eigenvalue weighted by atomic mass is 10.0. The number of piperidine rings is 1. The standard InChI is InChI=1S/C28H34N6O5/c1-6-38-21-11-9-20(10-12-21)33(27(37)39-28(3,4)5)25-18(2)24(22(16-29)23-13-14-30-34(23)25)31-19-8-7-15-32(17-19)26(35)36/h9-14,19,31H,6-8,15,17H2,1-5H3,(H,35,36)/t19-/m0/s1. The number of carboxylic acid groups (broad SMARTS) is 1. The third kappa shape index (κ3) is 5.85. The molecule has 3 heterocycles. The quantitative estimate of drug-likeness (QED) is 0.421. The first kappa shape index (κ1) is 27.6. The van der Waals surface area contributed by atoms with E-state index in [4.69, 9.17) is 9.47 Å². The van der Waals surface area contributed by atoms with Crippen molar-refractivity contribution in [2.24, 2.45) is 0 Å². The molecule has 2 amide bonds. The highest BCUT2D eigenvalue weighted by molar-refractivity contribution is 5.98. The Bertz CT molecular complexity index is 1400. The van der Waals surface area contributed by atoms with E-state index in [0.29, 0.717) is 59.2 Å². The van der Waals surface area contributed by atoms with Crippen molar-refractivity contribution in [3.8, 4) is 11.8 Å². The minimum atomic E-state index is -0.975. The molecule has 0 bridgehead atoms. The first-order valence-corrected chi connectivity index (χ1v) is 12.9. The van der Waals surface area contributed by atoms with Gasteiger partial charge in [-0.15, -0.1) is 0 Å². The van der Waals surface area contributed by atoms with E-state index in [-0.39, 0.29) is 12.6 Å². The van der Waals surface area contributed by atoms with Crippen LogP contribution in [0.5, 0.6) is 5.75 Å². The average Bonchev–Trinajstić information content (AvgIpc) is 3.36. The summed E-state index contributed by atoms with van der Waals surface area (Å²) in [6.07, 6.45) is 1.42. The number of rotatable bonds is 6. The second-order valence-electron chi connectivity index (χ2n) is 10.4. The molecule has 2 aromatic heterocycles. The fourth-order valence-corrected chi connectivity index (χ4v) is 4.76. The summed E-state index contributed by atoms with van der Waals surface area (Å²) in [7, 11) is 0. The smallest absolute Gasteiger partial charge is 0.420 e. The number of fused-ring (bicyclic) bond motifs is 1. The molecule has 206 valence electrons. The average molecular weight is 535 g/mol. The summed E-state index contributed by atoms with van der Waals surface area (Å²) < 4.78 is 13.0. The van der Waals surface area contributed by atoms with Crippen molar-refractivity contribution >= 4 is 34.9 Å². The number of nitriles is 1. The molecule has 11 heteroatoms. The maximum absolute atomic E-state index is 13.7. The number of hydrogen-bond donors (Lipinski definition) is 2. The number of amides is 2. The highest BCUT2D eigenvalue weighted by Crippen LogP contribution is 2.38. The zero-order valence-electron chi connectivity index (χ0n) is 22.9. The molecule has 1 aliphatic heterocycles. The van der Waals surface area contributed by atoms with E-state index >= 15 is 0 Å². The molecule has 1 aromatic carbocycles. The maximum Gasteiger partial charge on any atom is 0.420 e. The van der Waals surface area contributed by atoms with Crippen LogP contribution in [0.4, 0.5) is 26.8 Å². The summed E-state index contributed by atoms with van der Waals surface area (Å²) in [5.74, 6) is 1.06. The Hall–Kier alpha value is -4.46. The summed E-state index contributed by atoms with van der Waals surface area (Å²) >= 11 is 0. The molecule has 1 atom stereocenters. The van der Waals surface area contributed by atoms with Crippen LogP contribution in [0, 0.1) is 18.3 Å². The van der Waals surface area contributed by atoms with Gasteiger partial charge in [0.15, 0.2) is 0 Å². The number of pyridine rings is 1. The molecule has 0 unspecified atom stereocenters. The Labute approximate surface area is 227 Å². The molecule has 11 nitrogen and oxygen atoms in total. The van der Waals surface area contributed by atoms with Crippen molar-refractivity contribution in [2.75, 3.05) is 29.9 Å². The molecular formula is C28H34N6O5. The van der Waals surface area contributed by atoms with Crippen LogP contribution in [-0.2, 0) is 4.74 Å². The van der Waals surface area contributed by atoms with Gasteiger partial charge in [0.25, 0.3) is 0 Å². The molecule has 1 aliphatic rings. The van der Waals surface area contributed by atoms with Gasteiger partial charge in [0.2, 0.25) is 0 Å². The highest BCUT2D eigenvalue weighted by Gasteiger charge is 2.32. The summed E-state index contributed by atoms with van der Waals surface area (Å²) in [5.41, 5.74) is 1.74. The molecule has 3 aromatic rings. The number of aromatic nitrogens is 2. The van der Waals surface area contributed by atoms with Gasteiger partial charge >= 0.3 is 12.2 Å². The molecule has 39 heavy (non-hydrogen) atoms. The second kappa shape index (κ2) is 11.1. The van der Waals surface area contributed by atoms with Gasteiger partial charge in [0.05, 0.1) is 29.7 Å². The topological polar surface area (TPSA) is 132 Å². The number of nitrogens with one attached hydrogen (secondary N) is 1. The summed E-state index contributed by atoms with van der Waals surface area (Å²) in [6.45, 7) is 10.3. The number of carbonyl (C=O) groups excluding carboxylic acids is 1. The minimum absolute atomic E-state index is 0.209. The predicted octanol–water partition coefficient (Wildman–Crippen LogP) is 5.54. The SMILES string of the molecule is CCOc1ccc(N(C(=O)OC(C)(C)C)c2c(C)c(N[C@H]3CCCN(C(=O)O)C3)c(C#N)c3ccnn23)cc1. The fourth-order valence-electron chi connectivity index (χ4n) is 4.76. The number of ether oxygens (including phenoxy) is 2. The molecule has 2 N–H and O–H groups in total. The number of nitrogens with zero attached hydrogens (tertiary/aromatic N) is 5. The highest BCUT2D eigenvalue weighted by atomic mass is 16.6. The minimum Gasteiger partial charge on any atom is -0.494 e. The van der Waals surface area contributed by atoms with Crippen LogP contribution in [0.15, 0.2) is 36.5 Å².